The van der Waals surface area contributed by atoms with Crippen LogP contribution in [0.3, 0.4) is 0 Å². The number of aryl methyl sites for hydroxylation is 2. The number of benzene rings is 1. The molecule has 1 aromatic carbocycles. The first-order valence-electron chi connectivity index (χ1n) is 8.37. The Morgan fingerprint density at radius 2 is 1.86 bits per heavy atom. The van der Waals surface area contributed by atoms with Gasteiger partial charge < -0.3 is 19.5 Å². The minimum Gasteiger partial charge on any atom is -0.493 e. The molecule has 8 nitrogen and oxygen atoms in total. The van der Waals surface area contributed by atoms with E-state index < -0.39 is 6.04 Å². The van der Waals surface area contributed by atoms with Gasteiger partial charge in [-0.1, -0.05) is 0 Å². The summed E-state index contributed by atoms with van der Waals surface area (Å²) in [6.07, 6.45) is 0. The molecule has 1 unspecified atom stereocenters. The van der Waals surface area contributed by atoms with Crippen LogP contribution >= 0.6 is 11.3 Å². The summed E-state index contributed by atoms with van der Waals surface area (Å²) in [7, 11) is 6.33. The van der Waals surface area contributed by atoms with Crippen molar-refractivity contribution in [3.63, 3.8) is 0 Å². The van der Waals surface area contributed by atoms with Gasteiger partial charge >= 0.3 is 0 Å². The van der Waals surface area contributed by atoms with Gasteiger partial charge in [-0.2, -0.15) is 10.4 Å². The van der Waals surface area contributed by atoms with Crippen LogP contribution in [0.2, 0.25) is 0 Å². The molecule has 146 valence electrons. The van der Waals surface area contributed by atoms with Crippen LogP contribution in [0.25, 0.3) is 10.2 Å². The van der Waals surface area contributed by atoms with Crippen molar-refractivity contribution in [2.75, 3.05) is 21.3 Å². The number of ether oxygens (including phenoxy) is 3. The largest absolute Gasteiger partial charge is 0.493 e. The van der Waals surface area contributed by atoms with Gasteiger partial charge in [0.05, 0.1) is 38.0 Å². The lowest BCUT2D eigenvalue weighted by Gasteiger charge is -2.17. The number of nitrogens with one attached hydrogen (secondary N) is 1. The van der Waals surface area contributed by atoms with Gasteiger partial charge in [-0.3, -0.25) is 9.48 Å². The number of hydrogen-bond acceptors (Lipinski definition) is 7. The summed E-state index contributed by atoms with van der Waals surface area (Å²) in [5.74, 6) is 0.912. The van der Waals surface area contributed by atoms with E-state index in [1.165, 1.54) is 32.7 Å². The highest BCUT2D eigenvalue weighted by Crippen LogP contribution is 2.39. The van der Waals surface area contributed by atoms with Crippen LogP contribution in [0.1, 0.15) is 27.0 Å². The van der Waals surface area contributed by atoms with Crippen molar-refractivity contribution < 1.29 is 19.0 Å². The van der Waals surface area contributed by atoms with Crippen molar-refractivity contribution >= 4 is 27.5 Å². The molecule has 2 aromatic heterocycles. The molecule has 3 rings (SSSR count). The Kier molecular flexibility index (Phi) is 5.42. The van der Waals surface area contributed by atoms with Crippen LogP contribution in [-0.4, -0.2) is 37.0 Å². The molecule has 0 saturated heterocycles. The highest BCUT2D eigenvalue weighted by Gasteiger charge is 2.22. The maximum atomic E-state index is 12.7. The second kappa shape index (κ2) is 7.78. The number of methoxy groups -OCH3 is 3. The fourth-order valence-electron chi connectivity index (χ4n) is 2.98. The predicted molar refractivity (Wildman–Crippen MR) is 105 cm³/mol. The first-order valence-corrected chi connectivity index (χ1v) is 9.18. The second-order valence-corrected chi connectivity index (χ2v) is 7.06. The third-order valence-electron chi connectivity index (χ3n) is 4.34. The van der Waals surface area contributed by atoms with Gasteiger partial charge in [-0.15, -0.1) is 11.3 Å². The second-order valence-electron chi connectivity index (χ2n) is 6.03. The topological polar surface area (TPSA) is 98.4 Å². The first-order chi connectivity index (χ1) is 13.4. The zero-order valence-corrected chi connectivity index (χ0v) is 17.0. The van der Waals surface area contributed by atoms with Crippen molar-refractivity contribution in [1.29, 1.82) is 5.26 Å². The van der Waals surface area contributed by atoms with Gasteiger partial charge in [0.2, 0.25) is 5.75 Å². The van der Waals surface area contributed by atoms with E-state index in [9.17, 15) is 10.1 Å². The van der Waals surface area contributed by atoms with Crippen molar-refractivity contribution in [2.45, 2.75) is 13.0 Å². The van der Waals surface area contributed by atoms with E-state index in [4.69, 9.17) is 14.2 Å². The Bertz CT molecular complexity index is 1020. The summed E-state index contributed by atoms with van der Waals surface area (Å²) in [6.45, 7) is 1.89. The molecule has 0 aliphatic heterocycles. The number of thiophene rings is 1. The number of aromatic nitrogens is 2. The van der Waals surface area contributed by atoms with Crippen LogP contribution in [0.4, 0.5) is 0 Å². The molecule has 1 N–H and O–H groups in total. The molecular weight excluding hydrogens is 380 g/mol. The summed E-state index contributed by atoms with van der Waals surface area (Å²) >= 11 is 1.33. The first kappa shape index (κ1) is 19.5. The quantitative estimate of drug-likeness (QED) is 0.683. The fraction of sp³-hybridized carbons (Fsp3) is 0.316. The maximum Gasteiger partial charge on any atom is 0.262 e. The SMILES string of the molecule is COc1cc(C(C#N)NC(=O)c2cc3c(C)nn(C)c3s2)cc(OC)c1OC. The van der Waals surface area contributed by atoms with Gasteiger partial charge in [-0.05, 0) is 30.7 Å². The average Bonchev–Trinajstić information content (AvgIpc) is 3.26. The molecule has 3 aromatic rings. The molecule has 0 spiro atoms. The van der Waals surface area contributed by atoms with Crippen LogP contribution in [0, 0.1) is 18.3 Å². The van der Waals surface area contributed by atoms with Gasteiger partial charge in [-0.25, -0.2) is 0 Å². The summed E-state index contributed by atoms with van der Waals surface area (Å²) < 4.78 is 17.7. The summed E-state index contributed by atoms with van der Waals surface area (Å²) in [5, 5.41) is 17.6. The van der Waals surface area contributed by atoms with Crippen LogP contribution in [0.5, 0.6) is 17.2 Å². The predicted octanol–water partition coefficient (Wildman–Crippen LogP) is 2.96. The molecule has 1 amide bonds. The molecule has 9 heteroatoms. The van der Waals surface area contributed by atoms with Crippen molar-refractivity contribution in [1.82, 2.24) is 15.1 Å². The third kappa shape index (κ3) is 3.34. The van der Waals surface area contributed by atoms with E-state index in [0.717, 1.165) is 15.9 Å². The van der Waals surface area contributed by atoms with Crippen molar-refractivity contribution in [2.24, 2.45) is 7.05 Å². The number of fused-ring (bicyclic) bond motifs is 1. The van der Waals surface area contributed by atoms with E-state index in [1.807, 2.05) is 14.0 Å². The normalized spacial score (nSPS) is 11.7. The van der Waals surface area contributed by atoms with Crippen LogP contribution in [0.15, 0.2) is 18.2 Å². The zero-order valence-electron chi connectivity index (χ0n) is 16.2. The lowest BCUT2D eigenvalue weighted by Crippen LogP contribution is -2.27. The molecule has 28 heavy (non-hydrogen) atoms. The molecule has 0 bridgehead atoms. The Morgan fingerprint density at radius 1 is 1.21 bits per heavy atom. The maximum absolute atomic E-state index is 12.7. The number of nitrogens with zero attached hydrogens (tertiary/aromatic N) is 3. The molecule has 0 saturated carbocycles. The average molecular weight is 400 g/mol. The van der Waals surface area contributed by atoms with Crippen molar-refractivity contribution in [3.8, 4) is 23.3 Å². The highest BCUT2D eigenvalue weighted by molar-refractivity contribution is 7.20. The van der Waals surface area contributed by atoms with Gasteiger partial charge in [0, 0.05) is 12.4 Å². The lowest BCUT2D eigenvalue weighted by molar-refractivity contribution is 0.0949. The van der Waals surface area contributed by atoms with E-state index in [-0.39, 0.29) is 5.91 Å². The smallest absolute Gasteiger partial charge is 0.262 e. The number of amides is 1. The monoisotopic (exact) mass is 400 g/mol. The van der Waals surface area contributed by atoms with E-state index in [0.29, 0.717) is 27.7 Å². The van der Waals surface area contributed by atoms with E-state index >= 15 is 0 Å². The third-order valence-corrected chi connectivity index (χ3v) is 5.55. The zero-order chi connectivity index (χ0) is 20.4. The Hall–Kier alpha value is -3.25. The number of carbonyl (C=O) groups is 1. The standard InChI is InChI=1S/C19H20N4O4S/c1-10-12-8-16(28-19(12)23(2)22-10)18(24)21-13(9-20)11-6-14(25-3)17(27-5)15(7-11)26-4/h6-8,13H,1-5H3,(H,21,24). The number of carbonyl (C=O) groups excluding carboxylic acids is 1. The molecule has 1 atom stereocenters. The van der Waals surface area contributed by atoms with Crippen LogP contribution in [-0.2, 0) is 7.05 Å². The Labute approximate surface area is 166 Å². The van der Waals surface area contributed by atoms with E-state index in [2.05, 4.69) is 16.5 Å². The molecule has 0 radical (unpaired) electrons. The highest BCUT2D eigenvalue weighted by atomic mass is 32.1. The minimum atomic E-state index is -0.884. The summed E-state index contributed by atoms with van der Waals surface area (Å²) in [4.78, 5) is 14.2. The minimum absolute atomic E-state index is 0.332. The summed E-state index contributed by atoms with van der Waals surface area (Å²) in [5.41, 5.74) is 1.39. The Morgan fingerprint density at radius 3 is 2.36 bits per heavy atom. The van der Waals surface area contributed by atoms with Gasteiger partial charge in [0.1, 0.15) is 10.9 Å². The van der Waals surface area contributed by atoms with E-state index in [1.54, 1.807) is 22.9 Å². The molecular formula is C19H20N4O4S. The molecule has 0 fully saturated rings. The molecule has 2 heterocycles. The number of hydrogen-bond donors (Lipinski definition) is 1. The lowest BCUT2D eigenvalue weighted by atomic mass is 10.1. The summed E-state index contributed by atoms with van der Waals surface area (Å²) in [6, 6.07) is 6.32. The van der Waals surface area contributed by atoms with Crippen molar-refractivity contribution in [3.05, 3.63) is 34.3 Å². The fourth-order valence-corrected chi connectivity index (χ4v) is 4.00. The molecule has 0 aliphatic rings. The number of rotatable bonds is 6. The number of nitriles is 1. The van der Waals surface area contributed by atoms with Crippen LogP contribution < -0.4 is 19.5 Å². The Balaban J connectivity index is 1.92. The molecule has 0 aliphatic carbocycles. The van der Waals surface area contributed by atoms with Gasteiger partial charge in [0.25, 0.3) is 5.91 Å². The van der Waals surface area contributed by atoms with Gasteiger partial charge in [0.15, 0.2) is 11.5 Å².